The lowest BCUT2D eigenvalue weighted by Crippen LogP contribution is -2.46. The molecule has 1 saturated heterocycles. The van der Waals surface area contributed by atoms with Crippen molar-refractivity contribution in [2.24, 2.45) is 11.7 Å². The van der Waals surface area contributed by atoms with Crippen molar-refractivity contribution in [3.63, 3.8) is 0 Å². The molecule has 10 heteroatoms. The summed E-state index contributed by atoms with van der Waals surface area (Å²) in [4.78, 5) is 32.7. The first kappa shape index (κ1) is 17.7. The van der Waals surface area contributed by atoms with Gasteiger partial charge in [0.25, 0.3) is 10.9 Å². The first-order valence-corrected chi connectivity index (χ1v) is 8.29. The quantitative estimate of drug-likeness (QED) is 0.322. The van der Waals surface area contributed by atoms with E-state index in [1.54, 1.807) is 12.4 Å². The van der Waals surface area contributed by atoms with Crippen molar-refractivity contribution in [2.75, 3.05) is 23.3 Å². The lowest BCUT2D eigenvalue weighted by molar-refractivity contribution is 0.343. The second-order valence-corrected chi connectivity index (χ2v) is 6.94. The number of imidazole rings is 1. The van der Waals surface area contributed by atoms with E-state index in [9.17, 15) is 9.59 Å². The molecule has 0 bridgehead atoms. The van der Waals surface area contributed by atoms with E-state index in [1.807, 2.05) is 11.8 Å². The van der Waals surface area contributed by atoms with Gasteiger partial charge in [0.1, 0.15) is 11.4 Å². The average molecular weight is 347 g/mol. The third-order valence-corrected chi connectivity index (χ3v) is 4.86. The van der Waals surface area contributed by atoms with Crippen LogP contribution in [-0.4, -0.2) is 45.8 Å². The summed E-state index contributed by atoms with van der Waals surface area (Å²) >= 11 is 0. The molecule has 6 N–H and O–H groups in total. The molecule has 1 aromatic heterocycles. The Morgan fingerprint density at radius 3 is 2.88 bits per heavy atom. The average Bonchev–Trinajstić information content (AvgIpc) is 3.14. The minimum Gasteiger partial charge on any atom is -0.427 e. The summed E-state index contributed by atoms with van der Waals surface area (Å²) in [6, 6.07) is 0. The SMILES string of the molecule is C[C@]1(N)CN(c2c(Nc3ncc[nH]3)c(=O)c2=O)C[C@@H]1CCCB(O)O. The topological polar surface area (TPSA) is 145 Å². The zero-order chi connectivity index (χ0) is 18.2. The molecular formula is C15H22BN5O4. The van der Waals surface area contributed by atoms with Gasteiger partial charge in [0, 0.05) is 31.0 Å². The van der Waals surface area contributed by atoms with Crippen molar-refractivity contribution in [2.45, 2.75) is 31.6 Å². The highest BCUT2D eigenvalue weighted by Crippen LogP contribution is 2.34. The number of H-pyrrole nitrogens is 1. The predicted octanol–water partition coefficient (Wildman–Crippen LogP) is -0.844. The smallest absolute Gasteiger partial charge is 0.427 e. The van der Waals surface area contributed by atoms with Crippen molar-refractivity contribution in [3.8, 4) is 0 Å². The second-order valence-electron chi connectivity index (χ2n) is 6.94. The number of nitrogens with one attached hydrogen (secondary N) is 2. The summed E-state index contributed by atoms with van der Waals surface area (Å²) in [6.07, 6.45) is 4.81. The van der Waals surface area contributed by atoms with Gasteiger partial charge in [-0.2, -0.15) is 0 Å². The van der Waals surface area contributed by atoms with Crippen LogP contribution >= 0.6 is 0 Å². The number of hydrogen-bond donors (Lipinski definition) is 5. The largest absolute Gasteiger partial charge is 0.451 e. The van der Waals surface area contributed by atoms with Crippen LogP contribution in [0.15, 0.2) is 22.0 Å². The van der Waals surface area contributed by atoms with Crippen LogP contribution in [-0.2, 0) is 0 Å². The van der Waals surface area contributed by atoms with Crippen molar-refractivity contribution in [3.05, 3.63) is 32.8 Å². The fraction of sp³-hybridized carbons (Fsp3) is 0.533. The Morgan fingerprint density at radius 1 is 1.48 bits per heavy atom. The van der Waals surface area contributed by atoms with Gasteiger partial charge >= 0.3 is 7.12 Å². The molecule has 1 aliphatic rings. The molecule has 134 valence electrons. The Labute approximate surface area is 144 Å². The van der Waals surface area contributed by atoms with E-state index in [-0.39, 0.29) is 17.9 Å². The minimum atomic E-state index is -1.32. The highest BCUT2D eigenvalue weighted by Gasteiger charge is 2.42. The molecule has 1 fully saturated rings. The van der Waals surface area contributed by atoms with E-state index in [2.05, 4.69) is 15.3 Å². The number of hydrogen-bond acceptors (Lipinski definition) is 8. The molecule has 2 heterocycles. The van der Waals surface area contributed by atoms with Crippen molar-refractivity contribution in [1.82, 2.24) is 9.97 Å². The van der Waals surface area contributed by atoms with Gasteiger partial charge < -0.3 is 31.0 Å². The molecule has 2 atom stereocenters. The minimum absolute atomic E-state index is 0.0899. The number of aromatic nitrogens is 2. The summed E-state index contributed by atoms with van der Waals surface area (Å²) in [6.45, 7) is 2.92. The van der Waals surface area contributed by atoms with Gasteiger partial charge in [-0.3, -0.25) is 9.59 Å². The fourth-order valence-corrected chi connectivity index (χ4v) is 3.47. The summed E-state index contributed by atoms with van der Waals surface area (Å²) in [5.74, 6) is 0.489. The monoisotopic (exact) mass is 347 g/mol. The molecule has 0 aliphatic carbocycles. The van der Waals surface area contributed by atoms with E-state index >= 15 is 0 Å². The van der Waals surface area contributed by atoms with E-state index in [4.69, 9.17) is 15.8 Å². The van der Waals surface area contributed by atoms with E-state index < -0.39 is 23.5 Å². The van der Waals surface area contributed by atoms with Gasteiger partial charge in [-0.1, -0.05) is 6.42 Å². The molecule has 0 radical (unpaired) electrons. The van der Waals surface area contributed by atoms with Gasteiger partial charge in [0.05, 0.1) is 0 Å². The third-order valence-electron chi connectivity index (χ3n) is 4.86. The maximum absolute atomic E-state index is 12.1. The molecular weight excluding hydrogens is 325 g/mol. The highest BCUT2D eigenvalue weighted by molar-refractivity contribution is 6.40. The second kappa shape index (κ2) is 6.62. The molecule has 0 amide bonds. The number of anilines is 3. The highest BCUT2D eigenvalue weighted by atomic mass is 16.4. The summed E-state index contributed by atoms with van der Waals surface area (Å²) in [5.41, 5.74) is 5.37. The van der Waals surface area contributed by atoms with Gasteiger partial charge in [-0.15, -0.1) is 0 Å². The lowest BCUT2D eigenvalue weighted by atomic mass is 9.79. The van der Waals surface area contributed by atoms with Gasteiger partial charge in [0.15, 0.2) is 0 Å². The van der Waals surface area contributed by atoms with Crippen molar-refractivity contribution < 1.29 is 10.0 Å². The molecule has 0 saturated carbocycles. The molecule has 2 aromatic rings. The number of aromatic amines is 1. The zero-order valence-electron chi connectivity index (χ0n) is 14.0. The number of nitrogens with zero attached hydrogens (tertiary/aromatic N) is 2. The molecule has 0 spiro atoms. The Hall–Kier alpha value is -2.17. The van der Waals surface area contributed by atoms with E-state index in [1.165, 1.54) is 0 Å². The Kier molecular flexibility index (Phi) is 4.68. The Morgan fingerprint density at radius 2 is 2.24 bits per heavy atom. The standard InChI is InChI=1S/C15H22BN5O4/c1-15(17)8-21(7-9(15)3-2-4-16(24)25)11-10(12(22)13(11)23)20-14-18-5-6-19-14/h5-6,9,24-25H,2-4,7-8,17H2,1H3,(H2,18,19,20)/t9-,15-/m0/s1. The maximum Gasteiger partial charge on any atom is 0.451 e. The van der Waals surface area contributed by atoms with Gasteiger partial charge in [0.2, 0.25) is 5.95 Å². The first-order valence-electron chi connectivity index (χ1n) is 8.29. The summed E-state index contributed by atoms with van der Waals surface area (Å²) in [7, 11) is -1.32. The summed E-state index contributed by atoms with van der Waals surface area (Å²) < 4.78 is 0. The zero-order valence-corrected chi connectivity index (χ0v) is 14.0. The molecule has 9 nitrogen and oxygen atoms in total. The Bertz CT molecular complexity index is 797. The summed E-state index contributed by atoms with van der Waals surface area (Å²) in [5, 5.41) is 20.8. The molecule has 3 rings (SSSR count). The fourth-order valence-electron chi connectivity index (χ4n) is 3.47. The first-order chi connectivity index (χ1) is 11.8. The predicted molar refractivity (Wildman–Crippen MR) is 95.8 cm³/mol. The Balaban J connectivity index is 1.74. The number of nitrogens with two attached hydrogens (primary N) is 1. The van der Waals surface area contributed by atoms with Crippen LogP contribution in [0, 0.1) is 5.92 Å². The maximum atomic E-state index is 12.1. The van der Waals surface area contributed by atoms with Gasteiger partial charge in [-0.25, -0.2) is 4.98 Å². The van der Waals surface area contributed by atoms with Crippen LogP contribution in [0.3, 0.4) is 0 Å². The van der Waals surface area contributed by atoms with Crippen LogP contribution in [0.5, 0.6) is 0 Å². The normalized spacial score (nSPS) is 23.4. The molecule has 1 aliphatic heterocycles. The van der Waals surface area contributed by atoms with Gasteiger partial charge in [-0.05, 0) is 25.6 Å². The third kappa shape index (κ3) is 3.46. The van der Waals surface area contributed by atoms with Crippen LogP contribution in [0.2, 0.25) is 6.32 Å². The van der Waals surface area contributed by atoms with Crippen molar-refractivity contribution >= 4 is 24.4 Å². The van der Waals surface area contributed by atoms with Crippen LogP contribution in [0.4, 0.5) is 17.3 Å². The molecule has 0 unspecified atom stereocenters. The number of rotatable bonds is 7. The van der Waals surface area contributed by atoms with Crippen LogP contribution in [0.1, 0.15) is 19.8 Å². The van der Waals surface area contributed by atoms with E-state index in [0.717, 1.165) is 6.42 Å². The van der Waals surface area contributed by atoms with Crippen molar-refractivity contribution in [1.29, 1.82) is 0 Å². The van der Waals surface area contributed by atoms with Crippen LogP contribution in [0.25, 0.3) is 0 Å². The lowest BCUT2D eigenvalue weighted by Gasteiger charge is -2.25. The van der Waals surface area contributed by atoms with E-state index in [0.29, 0.717) is 31.1 Å². The van der Waals surface area contributed by atoms with Crippen LogP contribution < -0.4 is 26.8 Å². The molecule has 25 heavy (non-hydrogen) atoms. The molecule has 1 aromatic carbocycles.